The minimum absolute atomic E-state index is 0.911. The van der Waals surface area contributed by atoms with Crippen molar-refractivity contribution >= 4 is 23.9 Å². The van der Waals surface area contributed by atoms with Crippen molar-refractivity contribution in [3.63, 3.8) is 0 Å². The Bertz CT molecular complexity index is 998. The largest absolute Gasteiger partial charge is 0.530 e. The second-order valence-corrected chi connectivity index (χ2v) is 11.5. The van der Waals surface area contributed by atoms with Crippen molar-refractivity contribution in [1.82, 2.24) is 0 Å². The number of hydrogen-bond donors (Lipinski definition) is 0. The molecule has 0 saturated heterocycles. The van der Waals surface area contributed by atoms with Crippen LogP contribution in [0.3, 0.4) is 0 Å². The first-order valence-electron chi connectivity index (χ1n) is 10.4. The monoisotopic (exact) mass is 408 g/mol. The van der Waals surface area contributed by atoms with Crippen LogP contribution in [0.1, 0.15) is 22.3 Å². The summed E-state index contributed by atoms with van der Waals surface area (Å²) >= 11 is 0. The van der Waals surface area contributed by atoms with Crippen LogP contribution >= 0.6 is 0 Å². The summed E-state index contributed by atoms with van der Waals surface area (Å²) in [5.41, 5.74) is 5.00. The lowest BCUT2D eigenvalue weighted by atomic mass is 10.2. The van der Waals surface area contributed by atoms with Crippen molar-refractivity contribution in [2.75, 3.05) is 0 Å². The minimum Gasteiger partial charge on any atom is -0.530 e. The fourth-order valence-electron chi connectivity index (χ4n) is 3.82. The lowest BCUT2D eigenvalue weighted by Crippen LogP contribution is -2.71. The van der Waals surface area contributed by atoms with Gasteiger partial charge in [0.05, 0.1) is 0 Å². The summed E-state index contributed by atoms with van der Waals surface area (Å²) in [6.07, 6.45) is 0. The predicted molar refractivity (Wildman–Crippen MR) is 130 cm³/mol. The zero-order valence-corrected chi connectivity index (χ0v) is 19.1. The second kappa shape index (κ2) is 8.33. The highest BCUT2D eigenvalue weighted by Crippen LogP contribution is 2.19. The molecule has 0 bridgehead atoms. The molecule has 4 aromatic carbocycles. The molecular formula is C28H28OSi. The summed E-state index contributed by atoms with van der Waals surface area (Å²) in [7, 11) is -2.75. The highest BCUT2D eigenvalue weighted by Gasteiger charge is 2.44. The molecule has 0 aliphatic carbocycles. The van der Waals surface area contributed by atoms with E-state index in [2.05, 4.69) is 125 Å². The van der Waals surface area contributed by atoms with Crippen LogP contribution in [0.2, 0.25) is 0 Å². The highest BCUT2D eigenvalue weighted by atomic mass is 28.4. The molecule has 0 fully saturated rings. The van der Waals surface area contributed by atoms with Crippen LogP contribution < -0.4 is 20.0 Å². The van der Waals surface area contributed by atoms with Gasteiger partial charge in [-0.05, 0) is 55.4 Å². The molecular weight excluding hydrogens is 380 g/mol. The zero-order chi connectivity index (χ0) is 21.1. The number of hydrogen-bond acceptors (Lipinski definition) is 1. The molecule has 0 saturated carbocycles. The number of benzene rings is 4. The van der Waals surface area contributed by atoms with E-state index in [-0.39, 0.29) is 0 Å². The van der Waals surface area contributed by atoms with Gasteiger partial charge in [-0.15, -0.1) is 0 Å². The van der Waals surface area contributed by atoms with Crippen molar-refractivity contribution in [3.05, 3.63) is 119 Å². The molecule has 0 radical (unpaired) electrons. The van der Waals surface area contributed by atoms with Gasteiger partial charge in [0.1, 0.15) is 5.75 Å². The Balaban J connectivity index is 2.00. The quantitative estimate of drug-likeness (QED) is 0.335. The maximum absolute atomic E-state index is 7.07. The molecule has 1 nitrogen and oxygen atoms in total. The van der Waals surface area contributed by atoms with Gasteiger partial charge >= 0.3 is 8.32 Å². The van der Waals surface area contributed by atoms with Crippen molar-refractivity contribution in [2.24, 2.45) is 0 Å². The Morgan fingerprint density at radius 1 is 0.400 bits per heavy atom. The summed E-state index contributed by atoms with van der Waals surface area (Å²) in [6, 6.07) is 35.0. The first kappa shape index (κ1) is 20.2. The predicted octanol–water partition coefficient (Wildman–Crippen LogP) is 4.97. The molecule has 0 atom stereocenters. The fourth-order valence-corrected chi connectivity index (χ4v) is 7.58. The summed E-state index contributed by atoms with van der Waals surface area (Å²) in [5, 5.41) is 3.75. The number of aryl methyl sites for hydroxylation is 4. The Kier molecular flexibility index (Phi) is 5.60. The van der Waals surface area contributed by atoms with Crippen LogP contribution in [-0.2, 0) is 0 Å². The molecule has 4 rings (SSSR count). The molecule has 2 heteroatoms. The lowest BCUT2D eigenvalue weighted by Gasteiger charge is -2.34. The molecule has 150 valence electrons. The number of rotatable bonds is 5. The van der Waals surface area contributed by atoms with Crippen LogP contribution in [-0.4, -0.2) is 8.32 Å². The third-order valence-electron chi connectivity index (χ3n) is 5.67. The van der Waals surface area contributed by atoms with Crippen LogP contribution in [0.25, 0.3) is 0 Å². The highest BCUT2D eigenvalue weighted by molar-refractivity contribution is 7.07. The van der Waals surface area contributed by atoms with Crippen LogP contribution in [0.5, 0.6) is 5.75 Å². The van der Waals surface area contributed by atoms with E-state index in [0.29, 0.717) is 0 Å². The van der Waals surface area contributed by atoms with Crippen LogP contribution in [0.4, 0.5) is 0 Å². The first-order chi connectivity index (χ1) is 14.5. The van der Waals surface area contributed by atoms with E-state index in [4.69, 9.17) is 4.43 Å². The topological polar surface area (TPSA) is 9.23 Å². The molecule has 0 N–H and O–H groups in total. The summed E-state index contributed by atoms with van der Waals surface area (Å²) in [4.78, 5) is 0. The Hall–Kier alpha value is -3.10. The van der Waals surface area contributed by atoms with Gasteiger partial charge in [0.15, 0.2) is 0 Å². The van der Waals surface area contributed by atoms with E-state index in [1.807, 2.05) is 0 Å². The van der Waals surface area contributed by atoms with E-state index in [0.717, 1.165) is 5.75 Å². The third kappa shape index (κ3) is 3.96. The van der Waals surface area contributed by atoms with Gasteiger partial charge in [-0.1, -0.05) is 107 Å². The maximum Gasteiger partial charge on any atom is 0.346 e. The normalized spacial score (nSPS) is 11.3. The van der Waals surface area contributed by atoms with Gasteiger partial charge < -0.3 is 4.43 Å². The molecule has 0 aromatic heterocycles. The van der Waals surface area contributed by atoms with E-state index in [1.54, 1.807) is 0 Å². The van der Waals surface area contributed by atoms with E-state index >= 15 is 0 Å². The SMILES string of the molecule is Cc1ccc(O[Si](c2ccc(C)cc2)(c2ccc(C)cc2)c2ccc(C)cc2)cc1. The van der Waals surface area contributed by atoms with Crippen LogP contribution in [0, 0.1) is 27.7 Å². The van der Waals surface area contributed by atoms with Gasteiger partial charge in [0.2, 0.25) is 0 Å². The third-order valence-corrected chi connectivity index (χ3v) is 9.65. The van der Waals surface area contributed by atoms with E-state index in [1.165, 1.54) is 37.8 Å². The van der Waals surface area contributed by atoms with E-state index < -0.39 is 8.32 Å². The standard InChI is InChI=1S/C28H28OSi/c1-21-5-13-25(14-6-21)29-30(26-15-7-22(2)8-16-26,27-17-9-23(3)10-18-27)28-19-11-24(4)12-20-28/h5-20H,1-4H3. The zero-order valence-electron chi connectivity index (χ0n) is 18.1. The lowest BCUT2D eigenvalue weighted by molar-refractivity contribution is 0.577. The fraction of sp³-hybridized carbons (Fsp3) is 0.143. The van der Waals surface area contributed by atoms with Gasteiger partial charge in [-0.2, -0.15) is 0 Å². The Morgan fingerprint density at radius 2 is 0.667 bits per heavy atom. The molecule has 30 heavy (non-hydrogen) atoms. The average molecular weight is 409 g/mol. The van der Waals surface area contributed by atoms with Gasteiger partial charge in [0, 0.05) is 0 Å². The molecule has 0 unspecified atom stereocenters. The molecule has 0 amide bonds. The average Bonchev–Trinajstić information content (AvgIpc) is 2.75. The second-order valence-electron chi connectivity index (χ2n) is 8.19. The van der Waals surface area contributed by atoms with Crippen molar-refractivity contribution in [2.45, 2.75) is 27.7 Å². The van der Waals surface area contributed by atoms with Crippen molar-refractivity contribution < 1.29 is 4.43 Å². The van der Waals surface area contributed by atoms with Crippen molar-refractivity contribution in [3.8, 4) is 5.75 Å². The van der Waals surface area contributed by atoms with Crippen molar-refractivity contribution in [1.29, 1.82) is 0 Å². The first-order valence-corrected chi connectivity index (χ1v) is 12.4. The minimum atomic E-state index is -2.75. The van der Waals surface area contributed by atoms with Crippen LogP contribution in [0.15, 0.2) is 97.1 Å². The van der Waals surface area contributed by atoms with Gasteiger partial charge in [0.25, 0.3) is 0 Å². The molecule has 0 aliphatic heterocycles. The summed E-state index contributed by atoms with van der Waals surface area (Å²) in [6.45, 7) is 8.50. The summed E-state index contributed by atoms with van der Waals surface area (Å²) in [5.74, 6) is 0.911. The Morgan fingerprint density at radius 3 is 0.967 bits per heavy atom. The maximum atomic E-state index is 7.07. The van der Waals surface area contributed by atoms with Gasteiger partial charge in [-0.25, -0.2) is 0 Å². The molecule has 0 spiro atoms. The molecule has 0 heterocycles. The Labute approximate surface area is 181 Å². The molecule has 4 aromatic rings. The molecule has 0 aliphatic rings. The smallest absolute Gasteiger partial charge is 0.346 e. The van der Waals surface area contributed by atoms with Gasteiger partial charge in [-0.3, -0.25) is 0 Å². The van der Waals surface area contributed by atoms with E-state index in [9.17, 15) is 0 Å². The summed E-state index contributed by atoms with van der Waals surface area (Å²) < 4.78 is 7.07.